The van der Waals surface area contributed by atoms with E-state index in [1.807, 2.05) is 75.5 Å². The van der Waals surface area contributed by atoms with Crippen molar-refractivity contribution in [2.45, 2.75) is 27.7 Å². The molecular weight excluding hydrogens is 328 g/mol. The SMILES string of the molecule is COC(=O)C(C)=CC=CC(C)=CC=CC=C(C)C=CC=C(C)COC=O. The monoisotopic (exact) mass is 356 g/mol. The number of hydrogen-bond acceptors (Lipinski definition) is 4. The number of rotatable bonds is 10. The fourth-order valence-electron chi connectivity index (χ4n) is 1.68. The maximum absolute atomic E-state index is 11.2. The average Bonchev–Trinajstić information content (AvgIpc) is 2.62. The van der Waals surface area contributed by atoms with Gasteiger partial charge >= 0.3 is 5.97 Å². The molecule has 26 heavy (non-hydrogen) atoms. The van der Waals surface area contributed by atoms with Crippen molar-refractivity contribution >= 4 is 12.4 Å². The molecule has 0 unspecified atom stereocenters. The lowest BCUT2D eigenvalue weighted by molar-refractivity contribution is -0.136. The number of ether oxygens (including phenoxy) is 2. The number of hydrogen-bond donors (Lipinski definition) is 0. The van der Waals surface area contributed by atoms with E-state index in [0.29, 0.717) is 18.7 Å². The number of esters is 1. The first-order valence-electron chi connectivity index (χ1n) is 8.25. The van der Waals surface area contributed by atoms with Crippen LogP contribution >= 0.6 is 0 Å². The van der Waals surface area contributed by atoms with Gasteiger partial charge in [0.25, 0.3) is 6.47 Å². The predicted octanol–water partition coefficient (Wildman–Crippen LogP) is 4.79. The van der Waals surface area contributed by atoms with Crippen molar-refractivity contribution in [2.24, 2.45) is 0 Å². The Kier molecular flexibility index (Phi) is 12.9. The van der Waals surface area contributed by atoms with E-state index in [4.69, 9.17) is 0 Å². The molecule has 0 N–H and O–H groups in total. The summed E-state index contributed by atoms with van der Waals surface area (Å²) < 4.78 is 9.29. The molecule has 0 rings (SSSR count). The van der Waals surface area contributed by atoms with Crippen LogP contribution in [0, 0.1) is 0 Å². The third-order valence-corrected chi connectivity index (χ3v) is 3.16. The van der Waals surface area contributed by atoms with Gasteiger partial charge in [-0.05, 0) is 33.3 Å². The Morgan fingerprint density at radius 3 is 1.85 bits per heavy atom. The van der Waals surface area contributed by atoms with E-state index < -0.39 is 0 Å². The Labute approximate surface area is 156 Å². The highest BCUT2D eigenvalue weighted by atomic mass is 16.5. The standard InChI is InChI=1S/C22H28O4/c1-18(12-8-14-20(3)16-26-17-23)10-6-7-11-19(2)13-9-15-21(4)22(24)25-5/h6-15,17H,16H2,1-5H3. The van der Waals surface area contributed by atoms with E-state index in [0.717, 1.165) is 16.7 Å². The average molecular weight is 356 g/mol. The lowest BCUT2D eigenvalue weighted by Crippen LogP contribution is -2.00. The smallest absolute Gasteiger partial charge is 0.333 e. The van der Waals surface area contributed by atoms with Crippen LogP contribution in [0.5, 0.6) is 0 Å². The van der Waals surface area contributed by atoms with E-state index in [1.54, 1.807) is 13.0 Å². The second kappa shape index (κ2) is 14.5. The molecule has 0 heterocycles. The maximum Gasteiger partial charge on any atom is 0.333 e. The van der Waals surface area contributed by atoms with Gasteiger partial charge in [-0.15, -0.1) is 0 Å². The Morgan fingerprint density at radius 1 is 0.808 bits per heavy atom. The topological polar surface area (TPSA) is 52.6 Å². The van der Waals surface area contributed by atoms with Crippen molar-refractivity contribution in [2.75, 3.05) is 13.7 Å². The zero-order valence-corrected chi connectivity index (χ0v) is 16.2. The molecule has 0 fully saturated rings. The molecule has 0 aliphatic heterocycles. The van der Waals surface area contributed by atoms with E-state index in [2.05, 4.69) is 9.47 Å². The van der Waals surface area contributed by atoms with Crippen LogP contribution < -0.4 is 0 Å². The molecule has 0 saturated heterocycles. The second-order valence-electron chi connectivity index (χ2n) is 5.69. The van der Waals surface area contributed by atoms with Gasteiger partial charge in [0.15, 0.2) is 0 Å². The normalized spacial score (nSPS) is 14.5. The molecule has 0 aliphatic carbocycles. The quantitative estimate of drug-likeness (QED) is 0.244. The summed E-state index contributed by atoms with van der Waals surface area (Å²) in [6.07, 6.45) is 19.1. The fraction of sp³-hybridized carbons (Fsp3) is 0.273. The predicted molar refractivity (Wildman–Crippen MR) is 106 cm³/mol. The Balaban J connectivity index is 4.57. The summed E-state index contributed by atoms with van der Waals surface area (Å²) in [5, 5.41) is 0. The summed E-state index contributed by atoms with van der Waals surface area (Å²) in [6.45, 7) is 8.34. The van der Waals surface area contributed by atoms with Crippen molar-refractivity contribution in [3.8, 4) is 0 Å². The number of carbonyl (C=O) groups excluding carboxylic acids is 2. The Bertz CT molecular complexity index is 668. The molecule has 0 amide bonds. The minimum atomic E-state index is -0.328. The highest BCUT2D eigenvalue weighted by Crippen LogP contribution is 2.02. The van der Waals surface area contributed by atoms with E-state index >= 15 is 0 Å². The minimum absolute atomic E-state index is 0.308. The molecule has 4 heteroatoms. The van der Waals surface area contributed by atoms with E-state index in [9.17, 15) is 9.59 Å². The third-order valence-electron chi connectivity index (χ3n) is 3.16. The lowest BCUT2D eigenvalue weighted by Gasteiger charge is -1.96. The zero-order chi connectivity index (χ0) is 19.8. The van der Waals surface area contributed by atoms with Gasteiger partial charge < -0.3 is 9.47 Å². The summed E-state index contributed by atoms with van der Waals surface area (Å²) >= 11 is 0. The van der Waals surface area contributed by atoms with Crippen LogP contribution in [-0.4, -0.2) is 26.2 Å². The number of allylic oxidation sites excluding steroid dienone is 12. The molecule has 0 saturated carbocycles. The summed E-state index contributed by atoms with van der Waals surface area (Å²) in [5.74, 6) is -0.328. The molecule has 0 radical (unpaired) electrons. The first-order valence-corrected chi connectivity index (χ1v) is 8.25. The van der Waals surface area contributed by atoms with Crippen molar-refractivity contribution in [3.05, 3.63) is 83.1 Å². The van der Waals surface area contributed by atoms with Crippen LogP contribution in [0.4, 0.5) is 0 Å². The van der Waals surface area contributed by atoms with Gasteiger partial charge in [-0.1, -0.05) is 71.9 Å². The molecule has 0 spiro atoms. The minimum Gasteiger partial charge on any atom is -0.466 e. The second-order valence-corrected chi connectivity index (χ2v) is 5.69. The van der Waals surface area contributed by atoms with E-state index in [-0.39, 0.29) is 5.97 Å². The molecule has 0 aromatic rings. The molecule has 4 nitrogen and oxygen atoms in total. The first-order chi connectivity index (χ1) is 12.4. The summed E-state index contributed by atoms with van der Waals surface area (Å²) in [7, 11) is 1.36. The molecule has 0 aliphatic rings. The summed E-state index contributed by atoms with van der Waals surface area (Å²) in [4.78, 5) is 21.3. The van der Waals surface area contributed by atoms with Crippen molar-refractivity contribution in [1.29, 1.82) is 0 Å². The van der Waals surface area contributed by atoms with Gasteiger partial charge in [0.1, 0.15) is 6.61 Å². The van der Waals surface area contributed by atoms with Crippen LogP contribution in [-0.2, 0) is 19.1 Å². The van der Waals surface area contributed by atoms with Crippen molar-refractivity contribution < 1.29 is 19.1 Å². The van der Waals surface area contributed by atoms with Crippen molar-refractivity contribution in [1.82, 2.24) is 0 Å². The van der Waals surface area contributed by atoms with Gasteiger partial charge in [0, 0.05) is 5.57 Å². The largest absolute Gasteiger partial charge is 0.466 e. The van der Waals surface area contributed by atoms with Crippen LogP contribution in [0.3, 0.4) is 0 Å². The van der Waals surface area contributed by atoms with Crippen molar-refractivity contribution in [3.63, 3.8) is 0 Å². The number of carbonyl (C=O) groups is 2. The van der Waals surface area contributed by atoms with Crippen LogP contribution in [0.1, 0.15) is 27.7 Å². The summed E-state index contributed by atoms with van der Waals surface area (Å²) in [6, 6.07) is 0. The Morgan fingerprint density at radius 2 is 1.35 bits per heavy atom. The molecular formula is C22H28O4. The van der Waals surface area contributed by atoms with Crippen LogP contribution in [0.15, 0.2) is 83.1 Å². The fourth-order valence-corrected chi connectivity index (χ4v) is 1.68. The molecule has 0 aromatic carbocycles. The van der Waals surface area contributed by atoms with Gasteiger partial charge in [0.05, 0.1) is 7.11 Å². The Hall–Kier alpha value is -2.88. The molecule has 0 aromatic heterocycles. The highest BCUT2D eigenvalue weighted by molar-refractivity contribution is 5.87. The molecule has 0 atom stereocenters. The van der Waals surface area contributed by atoms with Gasteiger partial charge in [-0.3, -0.25) is 4.79 Å². The van der Waals surface area contributed by atoms with Crippen LogP contribution in [0.2, 0.25) is 0 Å². The highest BCUT2D eigenvalue weighted by Gasteiger charge is 1.99. The van der Waals surface area contributed by atoms with Gasteiger partial charge in [-0.25, -0.2) is 4.79 Å². The van der Waals surface area contributed by atoms with Gasteiger partial charge in [-0.2, -0.15) is 0 Å². The number of methoxy groups -OCH3 is 1. The third kappa shape index (κ3) is 12.5. The maximum atomic E-state index is 11.2. The van der Waals surface area contributed by atoms with Gasteiger partial charge in [0.2, 0.25) is 0 Å². The summed E-state index contributed by atoms with van der Waals surface area (Å²) in [5.41, 5.74) is 3.68. The lowest BCUT2D eigenvalue weighted by atomic mass is 10.2. The van der Waals surface area contributed by atoms with Crippen LogP contribution in [0.25, 0.3) is 0 Å². The molecule has 140 valence electrons. The molecule has 0 bridgehead atoms. The zero-order valence-electron chi connectivity index (χ0n) is 16.2. The first kappa shape index (κ1) is 23.1. The van der Waals surface area contributed by atoms with E-state index in [1.165, 1.54) is 7.11 Å².